The molecule has 1 amide bonds. The Morgan fingerprint density at radius 3 is 2.60 bits per heavy atom. The number of rotatable bonds is 6. The fraction of sp³-hybridized carbons (Fsp3) is 0.900. The second-order valence-corrected chi connectivity index (χ2v) is 4.08. The van der Waals surface area contributed by atoms with Crippen molar-refractivity contribution < 1.29 is 9.53 Å². The van der Waals surface area contributed by atoms with Gasteiger partial charge in [-0.25, -0.2) is 0 Å². The summed E-state index contributed by atoms with van der Waals surface area (Å²) in [5, 5.41) is 3.38. The summed E-state index contributed by atoms with van der Waals surface area (Å²) >= 11 is 0. The van der Waals surface area contributed by atoms with Gasteiger partial charge in [-0.1, -0.05) is 0 Å². The summed E-state index contributed by atoms with van der Waals surface area (Å²) in [6.45, 7) is 1.32. The number of hydrogen-bond acceptors (Lipinski definition) is 4. The first-order valence-electron chi connectivity index (χ1n) is 5.53. The number of primary amides is 1. The first-order valence-corrected chi connectivity index (χ1v) is 5.53. The van der Waals surface area contributed by atoms with Gasteiger partial charge in [0.15, 0.2) is 0 Å². The van der Waals surface area contributed by atoms with Gasteiger partial charge in [-0.2, -0.15) is 0 Å². The Kier molecular flexibility index (Phi) is 5.60. The number of carbonyl (C=O) groups excluding carboxylic acids is 1. The normalized spacial score (nSPS) is 26.5. The summed E-state index contributed by atoms with van der Waals surface area (Å²) in [5.41, 5.74) is 10.7. The third-order valence-electron chi connectivity index (χ3n) is 2.70. The minimum atomic E-state index is -0.418. The van der Waals surface area contributed by atoms with Crippen LogP contribution >= 0.6 is 0 Å². The molecule has 5 heteroatoms. The molecule has 0 bridgehead atoms. The van der Waals surface area contributed by atoms with Gasteiger partial charge in [-0.05, 0) is 25.7 Å². The van der Waals surface area contributed by atoms with Gasteiger partial charge in [0.05, 0.1) is 6.61 Å². The lowest BCUT2D eigenvalue weighted by molar-refractivity contribution is -0.122. The molecule has 0 unspecified atom stereocenters. The van der Waals surface area contributed by atoms with Crippen LogP contribution in [0.25, 0.3) is 0 Å². The van der Waals surface area contributed by atoms with Crippen LogP contribution in [0.2, 0.25) is 0 Å². The fourth-order valence-electron chi connectivity index (χ4n) is 1.83. The van der Waals surface area contributed by atoms with Crippen molar-refractivity contribution in [3.05, 3.63) is 0 Å². The molecule has 0 atom stereocenters. The summed E-state index contributed by atoms with van der Waals surface area (Å²) in [6, 6.07) is 0.941. The highest BCUT2D eigenvalue weighted by atomic mass is 16.5. The number of hydrogen-bond donors (Lipinski definition) is 3. The van der Waals surface area contributed by atoms with Crippen LogP contribution in [0.15, 0.2) is 0 Å². The molecule has 1 saturated carbocycles. The maximum absolute atomic E-state index is 10.4. The smallest absolute Gasteiger partial charge is 0.243 e. The summed E-state index contributed by atoms with van der Waals surface area (Å²) < 4.78 is 5.05. The molecule has 0 heterocycles. The van der Waals surface area contributed by atoms with E-state index in [2.05, 4.69) is 5.32 Å². The molecule has 0 aliphatic heterocycles. The molecule has 5 nitrogen and oxygen atoms in total. The predicted octanol–water partition coefficient (Wildman–Crippen LogP) is -0.652. The van der Waals surface area contributed by atoms with Crippen molar-refractivity contribution in [2.75, 3.05) is 19.8 Å². The van der Waals surface area contributed by atoms with Crippen molar-refractivity contribution in [2.24, 2.45) is 11.5 Å². The lowest BCUT2D eigenvalue weighted by atomic mass is 9.92. The van der Waals surface area contributed by atoms with Crippen LogP contribution in [0.4, 0.5) is 0 Å². The topological polar surface area (TPSA) is 90.4 Å². The van der Waals surface area contributed by atoms with Crippen molar-refractivity contribution >= 4 is 5.91 Å². The van der Waals surface area contributed by atoms with E-state index in [-0.39, 0.29) is 6.61 Å². The minimum absolute atomic E-state index is 0.0111. The summed E-state index contributed by atoms with van der Waals surface area (Å²) in [4.78, 5) is 10.4. The van der Waals surface area contributed by atoms with Crippen LogP contribution in [0.3, 0.4) is 0 Å². The molecule has 1 aliphatic rings. The molecule has 1 rings (SSSR count). The van der Waals surface area contributed by atoms with E-state index >= 15 is 0 Å². The molecule has 0 aromatic carbocycles. The maximum Gasteiger partial charge on any atom is 0.243 e. The monoisotopic (exact) mass is 215 g/mol. The highest BCUT2D eigenvalue weighted by molar-refractivity contribution is 5.74. The van der Waals surface area contributed by atoms with Crippen LogP contribution < -0.4 is 16.8 Å². The molecule has 0 radical (unpaired) electrons. The van der Waals surface area contributed by atoms with Gasteiger partial charge >= 0.3 is 0 Å². The van der Waals surface area contributed by atoms with Crippen LogP contribution in [-0.4, -0.2) is 37.7 Å². The standard InChI is InChI=1S/C10H21N3O2/c11-8-1-3-9(4-2-8)13-5-6-15-7-10(12)14/h8-9,13H,1-7,11H2,(H2,12,14). The largest absolute Gasteiger partial charge is 0.370 e. The SMILES string of the molecule is NC(=O)COCCNC1CCC(N)CC1. The molecule has 5 N–H and O–H groups in total. The molecule has 1 aliphatic carbocycles. The van der Waals surface area contributed by atoms with Gasteiger partial charge < -0.3 is 21.5 Å². The van der Waals surface area contributed by atoms with E-state index in [0.29, 0.717) is 18.7 Å². The van der Waals surface area contributed by atoms with Crippen molar-refractivity contribution in [2.45, 2.75) is 37.8 Å². The van der Waals surface area contributed by atoms with E-state index < -0.39 is 5.91 Å². The third kappa shape index (κ3) is 5.71. The first kappa shape index (κ1) is 12.4. The predicted molar refractivity (Wildman–Crippen MR) is 58.2 cm³/mol. The van der Waals surface area contributed by atoms with Gasteiger partial charge in [0, 0.05) is 18.6 Å². The van der Waals surface area contributed by atoms with Crippen LogP contribution in [-0.2, 0) is 9.53 Å². The summed E-state index contributed by atoms with van der Waals surface area (Å²) in [7, 11) is 0. The Morgan fingerprint density at radius 1 is 1.33 bits per heavy atom. The number of carbonyl (C=O) groups is 1. The first-order chi connectivity index (χ1) is 7.18. The molecule has 0 spiro atoms. The maximum atomic E-state index is 10.4. The van der Waals surface area contributed by atoms with E-state index in [1.54, 1.807) is 0 Å². The molecular formula is C10H21N3O2. The highest BCUT2D eigenvalue weighted by Gasteiger charge is 2.17. The van der Waals surface area contributed by atoms with Crippen molar-refractivity contribution in [3.63, 3.8) is 0 Å². The van der Waals surface area contributed by atoms with E-state index in [9.17, 15) is 4.79 Å². The lowest BCUT2D eigenvalue weighted by Crippen LogP contribution is -2.38. The number of nitrogens with two attached hydrogens (primary N) is 2. The van der Waals surface area contributed by atoms with Gasteiger partial charge in [-0.3, -0.25) is 4.79 Å². The molecule has 15 heavy (non-hydrogen) atoms. The minimum Gasteiger partial charge on any atom is -0.370 e. The lowest BCUT2D eigenvalue weighted by Gasteiger charge is -2.26. The van der Waals surface area contributed by atoms with Gasteiger partial charge in [0.1, 0.15) is 6.61 Å². The number of ether oxygens (including phenoxy) is 1. The number of amides is 1. The zero-order valence-electron chi connectivity index (χ0n) is 9.08. The Labute approximate surface area is 90.5 Å². The van der Waals surface area contributed by atoms with Crippen LogP contribution in [0.5, 0.6) is 0 Å². The quantitative estimate of drug-likeness (QED) is 0.513. The molecule has 0 aromatic heterocycles. The summed E-state index contributed by atoms with van der Waals surface area (Å²) in [6.07, 6.45) is 4.47. The molecule has 88 valence electrons. The zero-order chi connectivity index (χ0) is 11.1. The summed E-state index contributed by atoms with van der Waals surface area (Å²) in [5.74, 6) is -0.418. The fourth-order valence-corrected chi connectivity index (χ4v) is 1.83. The van der Waals surface area contributed by atoms with E-state index in [0.717, 1.165) is 32.2 Å². The zero-order valence-corrected chi connectivity index (χ0v) is 9.08. The van der Waals surface area contributed by atoms with Gasteiger partial charge in [0.25, 0.3) is 0 Å². The molecule has 0 saturated heterocycles. The number of nitrogens with one attached hydrogen (secondary N) is 1. The van der Waals surface area contributed by atoms with Gasteiger partial charge in [0.2, 0.25) is 5.91 Å². The molecular weight excluding hydrogens is 194 g/mol. The van der Waals surface area contributed by atoms with Crippen LogP contribution in [0.1, 0.15) is 25.7 Å². The Bertz CT molecular complexity index is 191. The average Bonchev–Trinajstić information content (AvgIpc) is 2.20. The second-order valence-electron chi connectivity index (χ2n) is 4.08. The Morgan fingerprint density at radius 2 is 2.00 bits per heavy atom. The highest BCUT2D eigenvalue weighted by Crippen LogP contribution is 2.16. The second kappa shape index (κ2) is 6.76. The van der Waals surface area contributed by atoms with Crippen LogP contribution in [0, 0.1) is 0 Å². The molecule has 0 aromatic rings. The van der Waals surface area contributed by atoms with Crippen molar-refractivity contribution in [1.82, 2.24) is 5.32 Å². The van der Waals surface area contributed by atoms with Gasteiger partial charge in [-0.15, -0.1) is 0 Å². The molecule has 1 fully saturated rings. The van der Waals surface area contributed by atoms with E-state index in [1.165, 1.54) is 0 Å². The Balaban J connectivity index is 1.94. The van der Waals surface area contributed by atoms with Crippen molar-refractivity contribution in [1.29, 1.82) is 0 Å². The Hall–Kier alpha value is -0.650. The van der Waals surface area contributed by atoms with E-state index in [1.807, 2.05) is 0 Å². The van der Waals surface area contributed by atoms with E-state index in [4.69, 9.17) is 16.2 Å². The average molecular weight is 215 g/mol. The third-order valence-corrected chi connectivity index (χ3v) is 2.70. The van der Waals surface area contributed by atoms with Crippen molar-refractivity contribution in [3.8, 4) is 0 Å².